The molecule has 0 spiro atoms. The smallest absolute Gasteiger partial charge is 0.276 e. The Balaban J connectivity index is 1.53. The van der Waals surface area contributed by atoms with Crippen molar-refractivity contribution in [2.75, 3.05) is 13.1 Å². The Labute approximate surface area is 156 Å². The van der Waals surface area contributed by atoms with Crippen molar-refractivity contribution < 1.29 is 9.69 Å². The quantitative estimate of drug-likeness (QED) is 0.865. The molecule has 0 saturated heterocycles. The number of carbonyl (C=O) groups is 1. The predicted molar refractivity (Wildman–Crippen MR) is 99.8 cm³/mol. The lowest BCUT2D eigenvalue weighted by molar-refractivity contribution is -0.919. The molecule has 2 aromatic rings. The van der Waals surface area contributed by atoms with Gasteiger partial charge in [-0.1, -0.05) is 6.07 Å². The van der Waals surface area contributed by atoms with E-state index in [-0.39, 0.29) is 11.9 Å². The van der Waals surface area contributed by atoms with Gasteiger partial charge in [0.15, 0.2) is 6.54 Å². The lowest BCUT2D eigenvalue weighted by Gasteiger charge is -2.32. The summed E-state index contributed by atoms with van der Waals surface area (Å²) in [5.74, 6) is 0.0127. The first-order chi connectivity index (χ1) is 12.2. The van der Waals surface area contributed by atoms with Gasteiger partial charge in [0.25, 0.3) is 5.91 Å². The van der Waals surface area contributed by atoms with Crippen LogP contribution < -0.4 is 10.2 Å². The molecular weight excluding hydrogens is 350 g/mol. The van der Waals surface area contributed by atoms with Gasteiger partial charge >= 0.3 is 0 Å². The van der Waals surface area contributed by atoms with E-state index in [4.69, 9.17) is 0 Å². The Hall–Kier alpha value is -1.68. The number of fused-ring (bicyclic) bond motifs is 1. The Morgan fingerprint density at radius 3 is 2.88 bits per heavy atom. The summed E-state index contributed by atoms with van der Waals surface area (Å²) in [4.78, 5) is 16.8. The van der Waals surface area contributed by atoms with E-state index < -0.39 is 5.54 Å². The monoisotopic (exact) mass is 372 g/mol. The molecule has 1 saturated carbocycles. The summed E-state index contributed by atoms with van der Waals surface area (Å²) in [5, 5.41) is 16.8. The standard InChI is InChI=1S/C19H21N3OS2/c20-13-19(7-1-2-8-19)21-17(23)12-22-9-5-15-14(6-11-25-15)18(22)16-4-3-10-24-16/h3-4,6,10-11,18H,1-2,5,7-9,12H2,(H,21,23)/p+1/t18-/m0/s1. The first kappa shape index (κ1) is 16.8. The summed E-state index contributed by atoms with van der Waals surface area (Å²) in [7, 11) is 0. The van der Waals surface area contributed by atoms with E-state index in [1.54, 1.807) is 11.3 Å². The minimum Gasteiger partial charge on any atom is -0.333 e. The molecule has 4 rings (SSSR count). The summed E-state index contributed by atoms with van der Waals surface area (Å²) in [6.45, 7) is 1.39. The van der Waals surface area contributed by atoms with Gasteiger partial charge in [-0.3, -0.25) is 4.79 Å². The molecule has 1 aliphatic carbocycles. The third kappa shape index (κ3) is 3.24. The molecule has 1 unspecified atom stereocenters. The average Bonchev–Trinajstić information content (AvgIpc) is 3.36. The van der Waals surface area contributed by atoms with E-state index in [0.717, 1.165) is 38.6 Å². The lowest BCUT2D eigenvalue weighted by Crippen LogP contribution is -3.14. The molecule has 2 aliphatic rings. The molecule has 4 nitrogen and oxygen atoms in total. The predicted octanol–water partition coefficient (Wildman–Crippen LogP) is 2.29. The molecule has 1 amide bonds. The van der Waals surface area contributed by atoms with Crippen LogP contribution in [0, 0.1) is 11.3 Å². The van der Waals surface area contributed by atoms with Crippen LogP contribution in [0.15, 0.2) is 29.0 Å². The highest BCUT2D eigenvalue weighted by Gasteiger charge is 2.39. The number of quaternary nitrogens is 1. The number of nitriles is 1. The number of amides is 1. The van der Waals surface area contributed by atoms with Gasteiger partial charge in [0.1, 0.15) is 11.6 Å². The molecule has 2 atom stereocenters. The molecule has 1 aliphatic heterocycles. The highest BCUT2D eigenvalue weighted by Crippen LogP contribution is 2.32. The van der Waals surface area contributed by atoms with E-state index in [1.807, 2.05) is 11.3 Å². The highest BCUT2D eigenvalue weighted by atomic mass is 32.1. The Morgan fingerprint density at radius 1 is 1.32 bits per heavy atom. The van der Waals surface area contributed by atoms with Crippen LogP contribution in [-0.2, 0) is 11.2 Å². The third-order valence-corrected chi connectivity index (χ3v) is 7.37. The van der Waals surface area contributed by atoms with Crippen molar-refractivity contribution in [3.05, 3.63) is 44.3 Å². The topological polar surface area (TPSA) is 57.3 Å². The van der Waals surface area contributed by atoms with Crippen molar-refractivity contribution in [1.82, 2.24) is 5.32 Å². The van der Waals surface area contributed by atoms with Crippen LogP contribution in [0.25, 0.3) is 0 Å². The van der Waals surface area contributed by atoms with Crippen molar-refractivity contribution in [1.29, 1.82) is 5.26 Å². The van der Waals surface area contributed by atoms with Gasteiger partial charge in [-0.25, -0.2) is 0 Å². The fraction of sp³-hybridized carbons (Fsp3) is 0.474. The maximum absolute atomic E-state index is 12.7. The SMILES string of the molecule is N#CC1(NC(=O)C[NH+]2CCc3sccc3[C@H]2c2cccs2)CCCC1. The largest absolute Gasteiger partial charge is 0.333 e. The third-order valence-electron chi connectivity index (χ3n) is 5.44. The van der Waals surface area contributed by atoms with Crippen molar-refractivity contribution in [2.45, 2.75) is 43.7 Å². The van der Waals surface area contributed by atoms with Gasteiger partial charge in [0, 0.05) is 16.9 Å². The number of hydrogen-bond donors (Lipinski definition) is 2. The van der Waals surface area contributed by atoms with E-state index in [0.29, 0.717) is 6.54 Å². The summed E-state index contributed by atoms with van der Waals surface area (Å²) in [6.07, 6.45) is 4.66. The van der Waals surface area contributed by atoms with E-state index in [9.17, 15) is 10.1 Å². The molecule has 2 N–H and O–H groups in total. The van der Waals surface area contributed by atoms with Crippen LogP contribution in [0.5, 0.6) is 0 Å². The van der Waals surface area contributed by atoms with Crippen LogP contribution >= 0.6 is 22.7 Å². The summed E-state index contributed by atoms with van der Waals surface area (Å²) in [6, 6.07) is 9.07. The minimum absolute atomic E-state index is 0.0127. The molecule has 25 heavy (non-hydrogen) atoms. The molecule has 0 aromatic carbocycles. The summed E-state index contributed by atoms with van der Waals surface area (Å²) < 4.78 is 0. The van der Waals surface area contributed by atoms with E-state index >= 15 is 0 Å². The first-order valence-electron chi connectivity index (χ1n) is 8.87. The van der Waals surface area contributed by atoms with Gasteiger partial charge in [-0.15, -0.1) is 22.7 Å². The molecule has 3 heterocycles. The fourth-order valence-corrected chi connectivity index (χ4v) is 6.03. The molecule has 0 bridgehead atoms. The number of nitrogens with one attached hydrogen (secondary N) is 2. The molecule has 2 aromatic heterocycles. The average molecular weight is 373 g/mol. The van der Waals surface area contributed by atoms with Gasteiger partial charge in [0.2, 0.25) is 0 Å². The van der Waals surface area contributed by atoms with Gasteiger partial charge in [0.05, 0.1) is 17.5 Å². The first-order valence-corrected chi connectivity index (χ1v) is 10.6. The molecule has 1 fully saturated rings. The van der Waals surface area contributed by atoms with E-state index in [1.165, 1.54) is 20.2 Å². The van der Waals surface area contributed by atoms with Crippen LogP contribution in [0.3, 0.4) is 0 Å². The number of carbonyl (C=O) groups excluding carboxylic acids is 1. The van der Waals surface area contributed by atoms with Crippen molar-refractivity contribution in [2.24, 2.45) is 0 Å². The van der Waals surface area contributed by atoms with Crippen LogP contribution in [0.2, 0.25) is 0 Å². The number of hydrogen-bond acceptors (Lipinski definition) is 4. The second-order valence-corrected chi connectivity index (χ2v) is 9.01. The van der Waals surface area contributed by atoms with Gasteiger partial charge in [-0.2, -0.15) is 5.26 Å². The second kappa shape index (κ2) is 6.91. The van der Waals surface area contributed by atoms with Crippen LogP contribution in [-0.4, -0.2) is 24.5 Å². The van der Waals surface area contributed by atoms with Gasteiger partial charge in [-0.05, 0) is 48.6 Å². The number of thiophene rings is 2. The number of rotatable bonds is 4. The zero-order valence-corrected chi connectivity index (χ0v) is 15.7. The van der Waals surface area contributed by atoms with Crippen molar-refractivity contribution >= 4 is 28.6 Å². The molecule has 0 radical (unpaired) electrons. The molecule has 6 heteroatoms. The number of nitrogens with zero attached hydrogens (tertiary/aromatic N) is 1. The summed E-state index contributed by atoms with van der Waals surface area (Å²) in [5.41, 5.74) is 0.746. The zero-order chi connectivity index (χ0) is 17.3. The van der Waals surface area contributed by atoms with E-state index in [2.05, 4.69) is 40.3 Å². The highest BCUT2D eigenvalue weighted by molar-refractivity contribution is 7.10. The Bertz CT molecular complexity index is 784. The van der Waals surface area contributed by atoms with Gasteiger partial charge < -0.3 is 10.2 Å². The minimum atomic E-state index is -0.627. The maximum atomic E-state index is 12.7. The molecule has 130 valence electrons. The van der Waals surface area contributed by atoms with Crippen molar-refractivity contribution in [3.8, 4) is 6.07 Å². The van der Waals surface area contributed by atoms with Crippen LogP contribution in [0.4, 0.5) is 0 Å². The zero-order valence-electron chi connectivity index (χ0n) is 14.1. The second-order valence-electron chi connectivity index (χ2n) is 7.03. The fourth-order valence-electron chi connectivity index (χ4n) is 4.21. The normalized spacial score (nSPS) is 24.4. The summed E-state index contributed by atoms with van der Waals surface area (Å²) >= 11 is 3.59. The van der Waals surface area contributed by atoms with Crippen molar-refractivity contribution in [3.63, 3.8) is 0 Å². The Morgan fingerprint density at radius 2 is 2.16 bits per heavy atom. The molecular formula is C19H22N3OS2+. The Kier molecular flexibility index (Phi) is 4.63. The maximum Gasteiger partial charge on any atom is 0.276 e. The van der Waals surface area contributed by atoms with Crippen LogP contribution in [0.1, 0.15) is 47.0 Å². The lowest BCUT2D eigenvalue weighted by atomic mass is 9.97.